The number of aryl methyl sites for hydroxylation is 1. The minimum Gasteiger partial charge on any atom is -0.256 e. The van der Waals surface area contributed by atoms with Crippen LogP contribution in [0.5, 0.6) is 0 Å². The SMILES string of the molecule is c1ccc(-c2c3c(nc(C4CCCC4)c2-c2nnn[nH]2)CCCCC3)cc1. The van der Waals surface area contributed by atoms with Crippen LogP contribution in [-0.4, -0.2) is 25.6 Å². The molecule has 2 aromatic heterocycles. The van der Waals surface area contributed by atoms with Gasteiger partial charge in [0.1, 0.15) is 0 Å². The summed E-state index contributed by atoms with van der Waals surface area (Å²) in [6.07, 6.45) is 10.9. The van der Waals surface area contributed by atoms with Crippen LogP contribution in [0.2, 0.25) is 0 Å². The number of aromatic amines is 1. The normalized spacial score (nSPS) is 17.6. The molecule has 0 bridgehead atoms. The van der Waals surface area contributed by atoms with Gasteiger partial charge in [0.2, 0.25) is 0 Å². The maximum Gasteiger partial charge on any atom is 0.181 e. The molecule has 3 aromatic rings. The van der Waals surface area contributed by atoms with Crippen LogP contribution in [0.15, 0.2) is 30.3 Å². The molecule has 2 aliphatic rings. The average molecular weight is 359 g/mol. The van der Waals surface area contributed by atoms with Gasteiger partial charge in [-0.3, -0.25) is 4.98 Å². The van der Waals surface area contributed by atoms with Crippen LogP contribution in [0.3, 0.4) is 0 Å². The Balaban J connectivity index is 1.83. The summed E-state index contributed by atoms with van der Waals surface area (Å²) in [4.78, 5) is 5.28. The van der Waals surface area contributed by atoms with Crippen LogP contribution >= 0.6 is 0 Å². The van der Waals surface area contributed by atoms with E-state index in [1.165, 1.54) is 73.0 Å². The number of fused-ring (bicyclic) bond motifs is 1. The van der Waals surface area contributed by atoms with Gasteiger partial charge in [-0.15, -0.1) is 5.10 Å². The van der Waals surface area contributed by atoms with E-state index in [-0.39, 0.29) is 0 Å². The summed E-state index contributed by atoms with van der Waals surface area (Å²) < 4.78 is 0. The molecule has 2 aliphatic carbocycles. The minimum atomic E-state index is 0.515. The molecular weight excluding hydrogens is 334 g/mol. The van der Waals surface area contributed by atoms with Gasteiger partial charge >= 0.3 is 0 Å². The number of pyridine rings is 1. The predicted molar refractivity (Wildman–Crippen MR) is 105 cm³/mol. The first-order chi connectivity index (χ1) is 13.4. The van der Waals surface area contributed by atoms with E-state index in [2.05, 4.69) is 51.0 Å². The van der Waals surface area contributed by atoms with Gasteiger partial charge in [0.25, 0.3) is 0 Å². The van der Waals surface area contributed by atoms with E-state index in [9.17, 15) is 0 Å². The van der Waals surface area contributed by atoms with Crippen molar-refractivity contribution in [3.05, 3.63) is 47.3 Å². The first-order valence-corrected chi connectivity index (χ1v) is 10.3. The molecule has 5 nitrogen and oxygen atoms in total. The Hall–Kier alpha value is -2.56. The number of nitrogens with zero attached hydrogens (tertiary/aromatic N) is 4. The second-order valence-electron chi connectivity index (χ2n) is 7.83. The van der Waals surface area contributed by atoms with Crippen molar-refractivity contribution in [2.24, 2.45) is 0 Å². The third-order valence-corrected chi connectivity index (χ3v) is 6.14. The van der Waals surface area contributed by atoms with Crippen LogP contribution in [0.25, 0.3) is 22.5 Å². The molecule has 0 aliphatic heterocycles. The standard InChI is InChI=1S/C22H25N5/c1-3-9-15(10-4-1)19-17-13-5-2-6-14-18(17)23-21(16-11-7-8-12-16)20(19)22-24-26-27-25-22/h1,3-4,9-10,16H,2,5-8,11-14H2,(H,24,25,26,27). The summed E-state index contributed by atoms with van der Waals surface area (Å²) in [5.74, 6) is 1.27. The predicted octanol–water partition coefficient (Wildman–Crippen LogP) is 4.86. The monoisotopic (exact) mass is 359 g/mol. The summed E-state index contributed by atoms with van der Waals surface area (Å²) in [6.45, 7) is 0. The van der Waals surface area contributed by atoms with Gasteiger partial charge in [-0.05, 0) is 65.6 Å². The number of hydrogen-bond acceptors (Lipinski definition) is 4. The Kier molecular flexibility index (Phi) is 4.44. The van der Waals surface area contributed by atoms with E-state index in [1.54, 1.807) is 0 Å². The fraction of sp³-hybridized carbons (Fsp3) is 0.455. The maximum atomic E-state index is 5.28. The summed E-state index contributed by atoms with van der Waals surface area (Å²) >= 11 is 0. The van der Waals surface area contributed by atoms with Crippen LogP contribution in [0, 0.1) is 0 Å². The fourth-order valence-electron chi connectivity index (χ4n) is 4.86. The fourth-order valence-corrected chi connectivity index (χ4v) is 4.86. The average Bonchev–Trinajstić information content (AvgIpc) is 3.38. The minimum absolute atomic E-state index is 0.515. The molecule has 5 rings (SSSR count). The van der Waals surface area contributed by atoms with E-state index >= 15 is 0 Å². The Bertz CT molecular complexity index is 912. The summed E-state index contributed by atoms with van der Waals surface area (Å²) in [7, 11) is 0. The number of hydrogen-bond donors (Lipinski definition) is 1. The lowest BCUT2D eigenvalue weighted by Gasteiger charge is -2.22. The first-order valence-electron chi connectivity index (χ1n) is 10.3. The number of nitrogens with one attached hydrogen (secondary N) is 1. The van der Waals surface area contributed by atoms with E-state index in [0.717, 1.165) is 24.2 Å². The van der Waals surface area contributed by atoms with Crippen molar-refractivity contribution >= 4 is 0 Å². The van der Waals surface area contributed by atoms with E-state index in [0.29, 0.717) is 5.92 Å². The van der Waals surface area contributed by atoms with Gasteiger partial charge in [0.05, 0.1) is 11.3 Å². The van der Waals surface area contributed by atoms with Gasteiger partial charge in [-0.1, -0.05) is 49.6 Å². The van der Waals surface area contributed by atoms with Crippen molar-refractivity contribution in [2.75, 3.05) is 0 Å². The third-order valence-electron chi connectivity index (χ3n) is 6.14. The molecule has 1 aromatic carbocycles. The van der Waals surface area contributed by atoms with E-state index < -0.39 is 0 Å². The third kappa shape index (κ3) is 3.05. The van der Waals surface area contributed by atoms with E-state index in [1.807, 2.05) is 0 Å². The molecular formula is C22H25N5. The second-order valence-corrected chi connectivity index (χ2v) is 7.83. The van der Waals surface area contributed by atoms with Gasteiger partial charge < -0.3 is 0 Å². The molecule has 5 heteroatoms. The lowest BCUT2D eigenvalue weighted by atomic mass is 9.86. The summed E-state index contributed by atoms with van der Waals surface area (Å²) in [5, 5.41) is 15.1. The highest BCUT2D eigenvalue weighted by molar-refractivity contribution is 5.85. The lowest BCUT2D eigenvalue weighted by Crippen LogP contribution is -2.10. The molecule has 0 radical (unpaired) electrons. The Morgan fingerprint density at radius 3 is 2.44 bits per heavy atom. The van der Waals surface area contributed by atoms with E-state index in [4.69, 9.17) is 4.98 Å². The lowest BCUT2D eigenvalue weighted by molar-refractivity contribution is 0.684. The number of benzene rings is 1. The number of rotatable bonds is 3. The smallest absolute Gasteiger partial charge is 0.181 e. The van der Waals surface area contributed by atoms with Crippen molar-refractivity contribution < 1.29 is 0 Å². The Labute approximate surface area is 159 Å². The highest BCUT2D eigenvalue weighted by atomic mass is 15.5. The Morgan fingerprint density at radius 1 is 0.852 bits per heavy atom. The largest absolute Gasteiger partial charge is 0.256 e. The second kappa shape index (κ2) is 7.22. The molecule has 1 fully saturated rings. The molecule has 0 saturated heterocycles. The van der Waals surface area contributed by atoms with Crippen LogP contribution < -0.4 is 0 Å². The van der Waals surface area contributed by atoms with Crippen molar-refractivity contribution in [3.63, 3.8) is 0 Å². The number of H-pyrrole nitrogens is 1. The number of tetrazole rings is 1. The highest BCUT2D eigenvalue weighted by Crippen LogP contribution is 2.44. The summed E-state index contributed by atoms with van der Waals surface area (Å²) in [6, 6.07) is 10.8. The topological polar surface area (TPSA) is 67.3 Å². The van der Waals surface area contributed by atoms with Gasteiger partial charge in [0, 0.05) is 11.6 Å². The van der Waals surface area contributed by atoms with Crippen LogP contribution in [-0.2, 0) is 12.8 Å². The van der Waals surface area contributed by atoms with Gasteiger partial charge in [0.15, 0.2) is 5.82 Å². The van der Waals surface area contributed by atoms with Crippen LogP contribution in [0.1, 0.15) is 67.8 Å². The molecule has 27 heavy (non-hydrogen) atoms. The molecule has 0 amide bonds. The van der Waals surface area contributed by atoms with Crippen molar-refractivity contribution in [3.8, 4) is 22.5 Å². The van der Waals surface area contributed by atoms with Crippen molar-refractivity contribution in [2.45, 2.75) is 63.7 Å². The molecule has 138 valence electrons. The quantitative estimate of drug-likeness (QED) is 0.679. The number of aromatic nitrogens is 5. The molecule has 1 N–H and O–H groups in total. The zero-order chi connectivity index (χ0) is 18.1. The summed E-state index contributed by atoms with van der Waals surface area (Å²) in [5.41, 5.74) is 7.63. The molecule has 0 unspecified atom stereocenters. The van der Waals surface area contributed by atoms with Crippen molar-refractivity contribution in [1.82, 2.24) is 25.6 Å². The molecule has 0 spiro atoms. The zero-order valence-corrected chi connectivity index (χ0v) is 15.6. The first kappa shape index (κ1) is 16.6. The zero-order valence-electron chi connectivity index (χ0n) is 15.6. The Morgan fingerprint density at radius 2 is 1.67 bits per heavy atom. The van der Waals surface area contributed by atoms with Crippen molar-refractivity contribution in [1.29, 1.82) is 0 Å². The molecule has 1 saturated carbocycles. The molecule has 0 atom stereocenters. The molecule has 2 heterocycles. The highest BCUT2D eigenvalue weighted by Gasteiger charge is 2.29. The van der Waals surface area contributed by atoms with Gasteiger partial charge in [-0.2, -0.15) is 0 Å². The van der Waals surface area contributed by atoms with Gasteiger partial charge in [-0.25, -0.2) is 5.10 Å². The maximum absolute atomic E-state index is 5.28. The van der Waals surface area contributed by atoms with Crippen LogP contribution in [0.4, 0.5) is 0 Å².